The molecule has 1 aliphatic heterocycles. The van der Waals surface area contributed by atoms with Crippen molar-refractivity contribution in [1.29, 1.82) is 0 Å². The van der Waals surface area contributed by atoms with Crippen molar-refractivity contribution in [3.63, 3.8) is 0 Å². The molecule has 0 aliphatic carbocycles. The van der Waals surface area contributed by atoms with Crippen molar-refractivity contribution in [2.24, 2.45) is 0 Å². The van der Waals surface area contributed by atoms with Crippen LogP contribution in [0.3, 0.4) is 0 Å². The van der Waals surface area contributed by atoms with E-state index < -0.39 is 0 Å². The highest BCUT2D eigenvalue weighted by Crippen LogP contribution is 2.19. The SMILES string of the molecule is O=C(Nc1nnc(/C=C/c2ccco2)s1)c1ccn(C2CCCNC2)n1. The number of hydrogen-bond donors (Lipinski definition) is 2. The fourth-order valence-electron chi connectivity index (χ4n) is 2.77. The van der Waals surface area contributed by atoms with Crippen molar-refractivity contribution in [3.05, 3.63) is 47.1 Å². The first-order valence-electron chi connectivity index (χ1n) is 8.40. The molecule has 1 atom stereocenters. The van der Waals surface area contributed by atoms with Gasteiger partial charge in [0.2, 0.25) is 5.13 Å². The molecule has 0 bridgehead atoms. The van der Waals surface area contributed by atoms with Crippen molar-refractivity contribution < 1.29 is 9.21 Å². The van der Waals surface area contributed by atoms with Crippen LogP contribution in [0.25, 0.3) is 12.2 Å². The maximum atomic E-state index is 12.4. The Kier molecular flexibility index (Phi) is 4.89. The Bertz CT molecular complexity index is 892. The molecule has 4 heterocycles. The minimum atomic E-state index is -0.287. The lowest BCUT2D eigenvalue weighted by Crippen LogP contribution is -2.32. The second-order valence-corrected chi connectivity index (χ2v) is 6.94. The Morgan fingerprint density at radius 1 is 1.38 bits per heavy atom. The van der Waals surface area contributed by atoms with Crippen LogP contribution in [0.4, 0.5) is 5.13 Å². The molecule has 1 aliphatic rings. The van der Waals surface area contributed by atoms with Crippen LogP contribution in [0.5, 0.6) is 0 Å². The Morgan fingerprint density at radius 3 is 3.15 bits per heavy atom. The Hall–Kier alpha value is -2.78. The monoisotopic (exact) mass is 370 g/mol. The largest absolute Gasteiger partial charge is 0.465 e. The molecule has 0 saturated carbocycles. The molecule has 3 aromatic rings. The maximum Gasteiger partial charge on any atom is 0.277 e. The van der Waals surface area contributed by atoms with Crippen LogP contribution in [-0.2, 0) is 0 Å². The minimum Gasteiger partial charge on any atom is -0.465 e. The van der Waals surface area contributed by atoms with Gasteiger partial charge in [0.15, 0.2) is 5.69 Å². The molecule has 1 saturated heterocycles. The number of anilines is 1. The van der Waals surface area contributed by atoms with E-state index in [1.165, 1.54) is 11.3 Å². The lowest BCUT2D eigenvalue weighted by Gasteiger charge is -2.22. The van der Waals surface area contributed by atoms with Gasteiger partial charge >= 0.3 is 0 Å². The van der Waals surface area contributed by atoms with E-state index in [1.807, 2.05) is 23.0 Å². The molecule has 0 radical (unpaired) electrons. The first-order chi connectivity index (χ1) is 12.8. The Morgan fingerprint density at radius 2 is 2.35 bits per heavy atom. The summed E-state index contributed by atoms with van der Waals surface area (Å²) in [4.78, 5) is 12.4. The molecule has 9 heteroatoms. The van der Waals surface area contributed by atoms with Crippen LogP contribution in [0, 0.1) is 0 Å². The summed E-state index contributed by atoms with van der Waals surface area (Å²) in [5.74, 6) is 0.443. The zero-order chi connectivity index (χ0) is 17.8. The standard InChI is InChI=1S/C17H18N6O2S/c24-16(14-7-9-23(22-14)12-3-1-8-18-11-12)19-17-21-20-15(26-17)6-5-13-4-2-10-25-13/h2,4-7,9-10,12,18H,1,3,8,11H2,(H,19,21,24)/b6-5+. The summed E-state index contributed by atoms with van der Waals surface area (Å²) < 4.78 is 7.08. The highest BCUT2D eigenvalue weighted by molar-refractivity contribution is 7.16. The molecule has 1 fully saturated rings. The zero-order valence-electron chi connectivity index (χ0n) is 14.0. The average Bonchev–Trinajstić information content (AvgIpc) is 3.42. The van der Waals surface area contributed by atoms with E-state index in [1.54, 1.807) is 24.5 Å². The summed E-state index contributed by atoms with van der Waals surface area (Å²) in [6.07, 6.45) is 9.23. The van der Waals surface area contributed by atoms with Crippen molar-refractivity contribution >= 4 is 34.5 Å². The Labute approximate surface area is 153 Å². The van der Waals surface area contributed by atoms with Crippen molar-refractivity contribution in [2.75, 3.05) is 18.4 Å². The van der Waals surface area contributed by atoms with E-state index >= 15 is 0 Å². The number of amides is 1. The molecule has 134 valence electrons. The topological polar surface area (TPSA) is 97.9 Å². The van der Waals surface area contributed by atoms with Gasteiger partial charge in [-0.15, -0.1) is 10.2 Å². The summed E-state index contributed by atoms with van der Waals surface area (Å²) in [6, 6.07) is 5.68. The van der Waals surface area contributed by atoms with Gasteiger partial charge in [-0.25, -0.2) is 0 Å². The first-order valence-corrected chi connectivity index (χ1v) is 9.22. The molecule has 3 aromatic heterocycles. The first kappa shape index (κ1) is 16.7. The fraction of sp³-hybridized carbons (Fsp3) is 0.294. The van der Waals surface area contributed by atoms with Crippen LogP contribution in [0.1, 0.15) is 40.1 Å². The molecule has 1 unspecified atom stereocenters. The number of carbonyl (C=O) groups is 1. The third-order valence-electron chi connectivity index (χ3n) is 4.08. The number of carbonyl (C=O) groups excluding carboxylic acids is 1. The molecule has 26 heavy (non-hydrogen) atoms. The molecule has 2 N–H and O–H groups in total. The summed E-state index contributed by atoms with van der Waals surface area (Å²) in [5, 5.41) is 19.6. The smallest absolute Gasteiger partial charge is 0.277 e. The number of hydrogen-bond acceptors (Lipinski definition) is 7. The summed E-state index contributed by atoms with van der Waals surface area (Å²) in [5.41, 5.74) is 0.374. The van der Waals surface area contributed by atoms with Crippen LogP contribution < -0.4 is 10.6 Å². The quantitative estimate of drug-likeness (QED) is 0.717. The van der Waals surface area contributed by atoms with Gasteiger partial charge in [-0.3, -0.25) is 14.8 Å². The number of nitrogens with zero attached hydrogens (tertiary/aromatic N) is 4. The van der Waals surface area contributed by atoms with Crippen molar-refractivity contribution in [2.45, 2.75) is 18.9 Å². The van der Waals surface area contributed by atoms with Gasteiger partial charge in [0.05, 0.1) is 12.3 Å². The third kappa shape index (κ3) is 3.89. The summed E-state index contributed by atoms with van der Waals surface area (Å²) >= 11 is 1.29. The molecule has 0 spiro atoms. The fourth-order valence-corrected chi connectivity index (χ4v) is 3.42. The van der Waals surface area contributed by atoms with Crippen LogP contribution in [0.15, 0.2) is 35.1 Å². The van der Waals surface area contributed by atoms with E-state index in [4.69, 9.17) is 4.42 Å². The van der Waals surface area contributed by atoms with E-state index in [2.05, 4.69) is 25.9 Å². The van der Waals surface area contributed by atoms with Gasteiger partial charge < -0.3 is 9.73 Å². The highest BCUT2D eigenvalue weighted by atomic mass is 32.1. The summed E-state index contributed by atoms with van der Waals surface area (Å²) in [7, 11) is 0. The van der Waals surface area contributed by atoms with Gasteiger partial charge in [0, 0.05) is 12.7 Å². The molecule has 4 rings (SSSR count). The van der Waals surface area contributed by atoms with E-state index in [0.717, 1.165) is 31.7 Å². The normalized spacial score (nSPS) is 17.6. The van der Waals surface area contributed by atoms with Crippen molar-refractivity contribution in [3.8, 4) is 0 Å². The average molecular weight is 370 g/mol. The van der Waals surface area contributed by atoms with E-state index in [9.17, 15) is 4.79 Å². The highest BCUT2D eigenvalue weighted by Gasteiger charge is 2.18. The number of aromatic nitrogens is 4. The van der Waals surface area contributed by atoms with Crippen LogP contribution in [0.2, 0.25) is 0 Å². The number of rotatable bonds is 5. The third-order valence-corrected chi connectivity index (χ3v) is 4.88. The lowest BCUT2D eigenvalue weighted by molar-refractivity contribution is 0.102. The van der Waals surface area contributed by atoms with Crippen LogP contribution in [-0.4, -0.2) is 39.0 Å². The number of piperidine rings is 1. The molecular formula is C17H18N6O2S. The van der Waals surface area contributed by atoms with Crippen molar-refractivity contribution in [1.82, 2.24) is 25.3 Å². The predicted molar refractivity (Wildman–Crippen MR) is 98.9 cm³/mol. The van der Waals surface area contributed by atoms with Gasteiger partial charge in [0.1, 0.15) is 10.8 Å². The van der Waals surface area contributed by atoms with Gasteiger partial charge in [-0.1, -0.05) is 11.3 Å². The zero-order valence-corrected chi connectivity index (χ0v) is 14.8. The second kappa shape index (κ2) is 7.63. The Balaban J connectivity index is 1.38. The predicted octanol–water partition coefficient (Wildman–Crippen LogP) is 2.67. The van der Waals surface area contributed by atoms with E-state index in [-0.39, 0.29) is 5.91 Å². The number of furan rings is 1. The van der Waals surface area contributed by atoms with E-state index in [0.29, 0.717) is 21.9 Å². The molecule has 1 amide bonds. The van der Waals surface area contributed by atoms with Crippen LogP contribution >= 0.6 is 11.3 Å². The lowest BCUT2D eigenvalue weighted by atomic mass is 10.1. The summed E-state index contributed by atoms with van der Waals surface area (Å²) in [6.45, 7) is 1.92. The van der Waals surface area contributed by atoms with Gasteiger partial charge in [-0.2, -0.15) is 5.10 Å². The molecule has 0 aromatic carbocycles. The second-order valence-electron chi connectivity index (χ2n) is 5.93. The molecular weight excluding hydrogens is 352 g/mol. The number of nitrogens with one attached hydrogen (secondary N) is 2. The minimum absolute atomic E-state index is 0.287. The maximum absolute atomic E-state index is 12.4. The molecule has 8 nitrogen and oxygen atoms in total. The van der Waals surface area contributed by atoms with Gasteiger partial charge in [-0.05, 0) is 49.7 Å². The van der Waals surface area contributed by atoms with Gasteiger partial charge in [0.25, 0.3) is 5.91 Å².